The van der Waals surface area contributed by atoms with Gasteiger partial charge in [0.1, 0.15) is 5.82 Å². The lowest BCUT2D eigenvalue weighted by molar-refractivity contribution is -0.134. The van der Waals surface area contributed by atoms with Crippen molar-refractivity contribution < 1.29 is 28.2 Å². The molecule has 0 N–H and O–H groups in total. The molecule has 1 aromatic rings. The summed E-state index contributed by atoms with van der Waals surface area (Å²) in [5, 5.41) is -0.115. The largest absolute Gasteiger partial charge is 0.466 e. The van der Waals surface area contributed by atoms with Crippen molar-refractivity contribution in [3.63, 3.8) is 0 Å². The van der Waals surface area contributed by atoms with E-state index < -0.39 is 29.7 Å². The summed E-state index contributed by atoms with van der Waals surface area (Å²) in [4.78, 5) is 36.5. The van der Waals surface area contributed by atoms with Crippen LogP contribution in [0.2, 0.25) is 5.02 Å². The van der Waals surface area contributed by atoms with E-state index in [1.807, 2.05) is 0 Å². The zero-order valence-electron chi connectivity index (χ0n) is 14.6. The Bertz CT molecular complexity index is 842. The molecule has 0 saturated carbocycles. The third-order valence-electron chi connectivity index (χ3n) is 3.74. The molecule has 8 heteroatoms. The number of halogens is 2. The molecule has 1 aliphatic heterocycles. The number of imide groups is 1. The summed E-state index contributed by atoms with van der Waals surface area (Å²) in [5.74, 6) is -2.52. The number of ether oxygens (including phenoxy) is 2. The third kappa shape index (κ3) is 3.77. The van der Waals surface area contributed by atoms with Crippen LogP contribution in [0.1, 0.15) is 32.3 Å². The lowest BCUT2D eigenvalue weighted by atomic mass is 9.99. The van der Waals surface area contributed by atoms with Gasteiger partial charge in [0.2, 0.25) is 0 Å². The maximum absolute atomic E-state index is 14.3. The van der Waals surface area contributed by atoms with Gasteiger partial charge < -0.3 is 9.47 Å². The maximum Gasteiger partial charge on any atom is 0.427 e. The molecular weight excluding hydrogens is 365 g/mol. The van der Waals surface area contributed by atoms with Crippen LogP contribution in [-0.2, 0) is 19.1 Å². The lowest BCUT2D eigenvalue weighted by Crippen LogP contribution is -2.29. The molecule has 0 bridgehead atoms. The summed E-state index contributed by atoms with van der Waals surface area (Å²) in [6.45, 7) is 4.89. The molecule has 1 atom stereocenters. The minimum atomic E-state index is -0.914. The molecule has 138 valence electrons. The Kier molecular flexibility index (Phi) is 5.82. The zero-order chi connectivity index (χ0) is 19.6. The molecule has 1 unspecified atom stereocenters. The number of carbonyl (C=O) groups is 3. The molecule has 1 aromatic carbocycles. The van der Waals surface area contributed by atoms with Gasteiger partial charge in [-0.2, -0.15) is 0 Å². The van der Waals surface area contributed by atoms with Crippen LogP contribution >= 0.6 is 11.6 Å². The number of esters is 1. The number of hydrogen-bond acceptors (Lipinski definition) is 5. The molecule has 1 fully saturated rings. The minimum Gasteiger partial charge on any atom is -0.466 e. The Labute approximate surface area is 154 Å². The van der Waals surface area contributed by atoms with Crippen molar-refractivity contribution in [3.8, 4) is 0 Å². The highest BCUT2D eigenvalue weighted by molar-refractivity contribution is 6.36. The highest BCUT2D eigenvalue weighted by atomic mass is 35.5. The van der Waals surface area contributed by atoms with Gasteiger partial charge in [0.25, 0.3) is 0 Å². The fourth-order valence-electron chi connectivity index (χ4n) is 2.35. The molecule has 1 heterocycles. The summed E-state index contributed by atoms with van der Waals surface area (Å²) in [6, 6.07) is 2.30. The van der Waals surface area contributed by atoms with Crippen LogP contribution < -0.4 is 4.90 Å². The average Bonchev–Trinajstić information content (AvgIpc) is 2.87. The van der Waals surface area contributed by atoms with Gasteiger partial charge in [-0.15, -0.1) is 0 Å². The molecule has 1 saturated heterocycles. The number of anilines is 1. The van der Waals surface area contributed by atoms with Gasteiger partial charge in [-0.25, -0.2) is 18.9 Å². The zero-order valence-corrected chi connectivity index (χ0v) is 15.4. The van der Waals surface area contributed by atoms with Gasteiger partial charge in [-0.1, -0.05) is 24.6 Å². The first kappa shape index (κ1) is 19.7. The second-order valence-corrected chi connectivity index (χ2v) is 6.24. The van der Waals surface area contributed by atoms with Crippen molar-refractivity contribution in [2.45, 2.75) is 26.7 Å². The van der Waals surface area contributed by atoms with Crippen molar-refractivity contribution in [3.05, 3.63) is 52.0 Å². The van der Waals surface area contributed by atoms with Gasteiger partial charge >= 0.3 is 18.0 Å². The van der Waals surface area contributed by atoms with Crippen molar-refractivity contribution >= 4 is 35.3 Å². The Morgan fingerprint density at radius 3 is 2.54 bits per heavy atom. The van der Waals surface area contributed by atoms with Crippen LogP contribution in [0, 0.1) is 5.82 Å². The highest BCUT2D eigenvalue weighted by Crippen LogP contribution is 2.36. The van der Waals surface area contributed by atoms with E-state index in [-0.39, 0.29) is 22.0 Å². The van der Waals surface area contributed by atoms with Crippen molar-refractivity contribution in [2.75, 3.05) is 12.0 Å². The quantitative estimate of drug-likeness (QED) is 0.580. The summed E-state index contributed by atoms with van der Waals surface area (Å²) in [7, 11) is 1.23. The number of allylic oxidation sites excluding steroid dienone is 2. The third-order valence-corrected chi connectivity index (χ3v) is 4.05. The summed E-state index contributed by atoms with van der Waals surface area (Å²) in [6.07, 6.45) is 1.69. The van der Waals surface area contributed by atoms with Crippen LogP contribution in [-0.4, -0.2) is 25.1 Å². The van der Waals surface area contributed by atoms with E-state index in [0.717, 1.165) is 17.0 Å². The SMILES string of the molecule is COC(=O)C=CC(C)c1cc(N2C(=O)OC(=C(C)C)C2=O)c(Cl)cc1F. The van der Waals surface area contributed by atoms with Crippen LogP contribution in [0.4, 0.5) is 14.9 Å². The predicted molar refractivity (Wildman–Crippen MR) is 93.3 cm³/mol. The van der Waals surface area contributed by atoms with Gasteiger partial charge in [0.05, 0.1) is 17.8 Å². The summed E-state index contributed by atoms with van der Waals surface area (Å²) >= 11 is 6.04. The number of carbonyl (C=O) groups excluding carboxylic acids is 3. The van der Waals surface area contributed by atoms with Crippen molar-refractivity contribution in [1.29, 1.82) is 0 Å². The predicted octanol–water partition coefficient (Wildman–Crippen LogP) is 4.09. The molecular formula is C18H17ClFNO5. The number of rotatable bonds is 4. The monoisotopic (exact) mass is 381 g/mol. The second kappa shape index (κ2) is 7.70. The van der Waals surface area contributed by atoms with Crippen molar-refractivity contribution in [1.82, 2.24) is 0 Å². The Morgan fingerprint density at radius 1 is 1.35 bits per heavy atom. The molecule has 0 radical (unpaired) electrons. The number of hydrogen-bond donors (Lipinski definition) is 0. The lowest BCUT2D eigenvalue weighted by Gasteiger charge is -2.16. The van der Waals surface area contributed by atoms with Crippen LogP contribution in [0.25, 0.3) is 0 Å². The van der Waals surface area contributed by atoms with Crippen LogP contribution in [0.3, 0.4) is 0 Å². The molecule has 0 aromatic heterocycles. The summed E-state index contributed by atoms with van der Waals surface area (Å²) in [5.41, 5.74) is 0.683. The molecule has 1 aliphatic rings. The van der Waals surface area contributed by atoms with E-state index in [0.29, 0.717) is 5.57 Å². The fourth-order valence-corrected chi connectivity index (χ4v) is 2.59. The molecule has 0 spiro atoms. The fraction of sp³-hybridized carbons (Fsp3) is 0.278. The summed E-state index contributed by atoms with van der Waals surface area (Å²) < 4.78 is 23.8. The first-order chi connectivity index (χ1) is 12.2. The average molecular weight is 382 g/mol. The van der Waals surface area contributed by atoms with Crippen molar-refractivity contribution in [2.24, 2.45) is 0 Å². The molecule has 0 aliphatic carbocycles. The first-order valence-corrected chi connectivity index (χ1v) is 8.04. The number of benzene rings is 1. The van der Waals surface area contributed by atoms with E-state index in [1.165, 1.54) is 19.3 Å². The minimum absolute atomic E-state index is 0.00707. The standard InChI is InChI=1S/C18H17ClFNO5/c1-9(2)16-17(23)21(18(24)26-16)14-7-11(13(20)8-12(14)19)10(3)5-6-15(22)25-4/h5-8,10H,1-4H3. The van der Waals surface area contributed by atoms with E-state index >= 15 is 0 Å². The van der Waals surface area contributed by atoms with Crippen LogP contribution in [0.15, 0.2) is 35.6 Å². The molecule has 26 heavy (non-hydrogen) atoms. The molecule has 2 amide bonds. The Morgan fingerprint density at radius 2 is 2.00 bits per heavy atom. The maximum atomic E-state index is 14.3. The van der Waals surface area contributed by atoms with E-state index in [1.54, 1.807) is 20.8 Å². The smallest absolute Gasteiger partial charge is 0.427 e. The van der Waals surface area contributed by atoms with Gasteiger partial charge in [0, 0.05) is 12.0 Å². The van der Waals surface area contributed by atoms with Gasteiger partial charge in [-0.3, -0.25) is 4.79 Å². The Balaban J connectivity index is 2.47. The number of nitrogens with zero attached hydrogens (tertiary/aromatic N) is 1. The van der Waals surface area contributed by atoms with Gasteiger partial charge in [-0.05, 0) is 37.1 Å². The van der Waals surface area contributed by atoms with E-state index in [4.69, 9.17) is 16.3 Å². The molecule has 6 nitrogen and oxygen atoms in total. The number of methoxy groups -OCH3 is 1. The number of cyclic esters (lactones) is 1. The van der Waals surface area contributed by atoms with Gasteiger partial charge in [0.15, 0.2) is 5.76 Å². The van der Waals surface area contributed by atoms with Crippen LogP contribution in [0.5, 0.6) is 0 Å². The first-order valence-electron chi connectivity index (χ1n) is 7.66. The topological polar surface area (TPSA) is 72.9 Å². The normalized spacial score (nSPS) is 15.5. The molecule has 2 rings (SSSR count). The van der Waals surface area contributed by atoms with E-state index in [9.17, 15) is 18.8 Å². The second-order valence-electron chi connectivity index (χ2n) is 5.83. The Hall–Kier alpha value is -2.67. The highest BCUT2D eigenvalue weighted by Gasteiger charge is 2.39. The van der Waals surface area contributed by atoms with E-state index in [2.05, 4.69) is 4.74 Å². The number of amides is 2.